The summed E-state index contributed by atoms with van der Waals surface area (Å²) in [5, 5.41) is 10.7. The maximum atomic E-state index is 13.4. The minimum Gasteiger partial charge on any atom is -0.347 e. The minimum atomic E-state index is -0.337. The molecule has 0 fully saturated rings. The van der Waals surface area contributed by atoms with E-state index >= 15 is 0 Å². The first-order valence-electron chi connectivity index (χ1n) is 8.05. The number of nitrogens with zero attached hydrogens (tertiary/aromatic N) is 3. The number of imidazole rings is 1. The van der Waals surface area contributed by atoms with Crippen molar-refractivity contribution in [1.82, 2.24) is 14.5 Å². The fourth-order valence-electron chi connectivity index (χ4n) is 3.07. The molecule has 0 bridgehead atoms. The summed E-state index contributed by atoms with van der Waals surface area (Å²) in [6.07, 6.45) is 3.85. The zero-order valence-electron chi connectivity index (χ0n) is 13.6. The number of aromatic amines is 1. The Kier molecular flexibility index (Phi) is 3.58. The number of allylic oxidation sites excluding steroid dienone is 1. The van der Waals surface area contributed by atoms with Gasteiger partial charge in [-0.25, -0.2) is 9.37 Å². The highest BCUT2D eigenvalue weighted by molar-refractivity contribution is 5.98. The Morgan fingerprint density at radius 1 is 1.32 bits per heavy atom. The van der Waals surface area contributed by atoms with Gasteiger partial charge in [0.15, 0.2) is 0 Å². The van der Waals surface area contributed by atoms with Crippen molar-refractivity contribution >= 4 is 33.6 Å². The van der Waals surface area contributed by atoms with E-state index in [1.54, 1.807) is 6.07 Å². The van der Waals surface area contributed by atoms with Gasteiger partial charge in [0, 0.05) is 29.2 Å². The van der Waals surface area contributed by atoms with E-state index in [0.717, 1.165) is 23.0 Å². The van der Waals surface area contributed by atoms with Gasteiger partial charge in [-0.2, -0.15) is 5.26 Å². The first kappa shape index (κ1) is 15.2. The summed E-state index contributed by atoms with van der Waals surface area (Å²) in [5.41, 5.74) is 3.71. The highest BCUT2D eigenvalue weighted by Gasteiger charge is 2.11. The van der Waals surface area contributed by atoms with Crippen LogP contribution in [-0.2, 0) is 6.54 Å². The standard InChI is InChI=1S/C20H15FN4/c1-2-25-12-14(16-5-3-4-6-19(16)25)9-13(11-22)20-23-17-8-7-15(21)10-18(17)24-20/h3-10,12H,2H2,1H3,(H,23,24)/b13-9-. The highest BCUT2D eigenvalue weighted by Crippen LogP contribution is 2.26. The molecule has 0 saturated heterocycles. The Morgan fingerprint density at radius 3 is 2.96 bits per heavy atom. The van der Waals surface area contributed by atoms with Crippen LogP contribution < -0.4 is 0 Å². The van der Waals surface area contributed by atoms with Crippen molar-refractivity contribution in [1.29, 1.82) is 5.26 Å². The number of fused-ring (bicyclic) bond motifs is 2. The van der Waals surface area contributed by atoms with Crippen LogP contribution in [0.1, 0.15) is 18.3 Å². The first-order valence-corrected chi connectivity index (χ1v) is 8.05. The number of para-hydroxylation sites is 1. The normalized spacial score (nSPS) is 12.0. The number of rotatable bonds is 3. The third kappa shape index (κ3) is 2.58. The lowest BCUT2D eigenvalue weighted by atomic mass is 10.1. The van der Waals surface area contributed by atoms with Crippen LogP contribution in [0.25, 0.3) is 33.6 Å². The van der Waals surface area contributed by atoms with Gasteiger partial charge < -0.3 is 9.55 Å². The minimum absolute atomic E-state index is 0.337. The second-order valence-corrected chi connectivity index (χ2v) is 5.80. The molecule has 0 aliphatic carbocycles. The van der Waals surface area contributed by atoms with Gasteiger partial charge in [0.1, 0.15) is 17.7 Å². The Labute approximate surface area is 143 Å². The van der Waals surface area contributed by atoms with E-state index in [1.807, 2.05) is 30.5 Å². The van der Waals surface area contributed by atoms with Gasteiger partial charge in [0.05, 0.1) is 16.6 Å². The second-order valence-electron chi connectivity index (χ2n) is 5.80. The third-order valence-electron chi connectivity index (χ3n) is 4.28. The number of hydrogen-bond donors (Lipinski definition) is 1. The lowest BCUT2D eigenvalue weighted by molar-refractivity contribution is 0.629. The molecular weight excluding hydrogens is 315 g/mol. The average Bonchev–Trinajstić information content (AvgIpc) is 3.20. The van der Waals surface area contributed by atoms with Gasteiger partial charge in [-0.3, -0.25) is 0 Å². The average molecular weight is 330 g/mol. The van der Waals surface area contributed by atoms with Gasteiger partial charge in [-0.05, 0) is 37.3 Å². The van der Waals surface area contributed by atoms with Crippen LogP contribution in [0, 0.1) is 17.1 Å². The molecule has 0 saturated carbocycles. The maximum Gasteiger partial charge on any atom is 0.149 e. The number of benzene rings is 2. The SMILES string of the molecule is CCn1cc(/C=C(/C#N)c2nc3ccc(F)cc3[nH]2)c2ccccc21. The lowest BCUT2D eigenvalue weighted by Gasteiger charge is -1.97. The van der Waals surface area contributed by atoms with E-state index in [-0.39, 0.29) is 5.82 Å². The summed E-state index contributed by atoms with van der Waals surface area (Å²) in [5.74, 6) is 0.104. The van der Waals surface area contributed by atoms with Crippen molar-refractivity contribution in [3.8, 4) is 6.07 Å². The van der Waals surface area contributed by atoms with E-state index in [4.69, 9.17) is 0 Å². The molecule has 4 nitrogen and oxygen atoms in total. The Hall–Kier alpha value is -3.39. The summed E-state index contributed by atoms with van der Waals surface area (Å²) < 4.78 is 15.5. The Bertz CT molecular complexity index is 1160. The van der Waals surface area contributed by atoms with E-state index in [2.05, 4.69) is 33.6 Å². The van der Waals surface area contributed by atoms with Crippen molar-refractivity contribution < 1.29 is 4.39 Å². The van der Waals surface area contributed by atoms with E-state index in [0.29, 0.717) is 22.4 Å². The smallest absolute Gasteiger partial charge is 0.149 e. The van der Waals surface area contributed by atoms with Gasteiger partial charge in [0.2, 0.25) is 0 Å². The largest absolute Gasteiger partial charge is 0.347 e. The number of H-pyrrole nitrogens is 1. The molecule has 0 unspecified atom stereocenters. The number of aryl methyl sites for hydroxylation is 1. The summed E-state index contributed by atoms with van der Waals surface area (Å²) in [6, 6.07) is 14.6. The molecule has 2 aromatic heterocycles. The van der Waals surface area contributed by atoms with Crippen LogP contribution in [0.4, 0.5) is 4.39 Å². The second kappa shape index (κ2) is 5.91. The fraction of sp³-hybridized carbons (Fsp3) is 0.100. The van der Waals surface area contributed by atoms with E-state index < -0.39 is 0 Å². The molecule has 1 N–H and O–H groups in total. The molecule has 0 aliphatic rings. The highest BCUT2D eigenvalue weighted by atomic mass is 19.1. The Balaban J connectivity index is 1.87. The molecule has 25 heavy (non-hydrogen) atoms. The molecular formula is C20H15FN4. The number of nitriles is 1. The summed E-state index contributed by atoms with van der Waals surface area (Å²) >= 11 is 0. The molecule has 4 aromatic rings. The van der Waals surface area contributed by atoms with Crippen molar-refractivity contribution in [3.63, 3.8) is 0 Å². The van der Waals surface area contributed by atoms with Crippen LogP contribution in [0.15, 0.2) is 48.7 Å². The van der Waals surface area contributed by atoms with Crippen LogP contribution in [0.2, 0.25) is 0 Å². The molecule has 2 heterocycles. The molecule has 0 spiro atoms. The third-order valence-corrected chi connectivity index (χ3v) is 4.28. The zero-order chi connectivity index (χ0) is 17.4. The number of hydrogen-bond acceptors (Lipinski definition) is 2. The van der Waals surface area contributed by atoms with Crippen LogP contribution in [0.3, 0.4) is 0 Å². The molecule has 4 rings (SSSR count). The van der Waals surface area contributed by atoms with Crippen LogP contribution in [0.5, 0.6) is 0 Å². The van der Waals surface area contributed by atoms with Gasteiger partial charge >= 0.3 is 0 Å². The van der Waals surface area contributed by atoms with Gasteiger partial charge in [0.25, 0.3) is 0 Å². The number of nitrogens with one attached hydrogen (secondary N) is 1. The van der Waals surface area contributed by atoms with E-state index in [1.165, 1.54) is 12.1 Å². The molecule has 0 aliphatic heterocycles. The molecule has 0 amide bonds. The summed E-state index contributed by atoms with van der Waals surface area (Å²) in [4.78, 5) is 7.44. The van der Waals surface area contributed by atoms with Gasteiger partial charge in [-0.1, -0.05) is 18.2 Å². The van der Waals surface area contributed by atoms with Gasteiger partial charge in [-0.15, -0.1) is 0 Å². The van der Waals surface area contributed by atoms with Crippen molar-refractivity contribution in [2.24, 2.45) is 0 Å². The number of aromatic nitrogens is 3. The summed E-state index contributed by atoms with van der Waals surface area (Å²) in [7, 11) is 0. The Morgan fingerprint density at radius 2 is 2.16 bits per heavy atom. The topological polar surface area (TPSA) is 57.4 Å². The van der Waals surface area contributed by atoms with Crippen molar-refractivity contribution in [3.05, 3.63) is 65.9 Å². The quantitative estimate of drug-likeness (QED) is 0.552. The predicted molar refractivity (Wildman–Crippen MR) is 97.1 cm³/mol. The fourth-order valence-corrected chi connectivity index (χ4v) is 3.07. The molecule has 5 heteroatoms. The van der Waals surface area contributed by atoms with Crippen LogP contribution >= 0.6 is 0 Å². The first-order chi connectivity index (χ1) is 12.2. The molecule has 122 valence electrons. The summed E-state index contributed by atoms with van der Waals surface area (Å²) in [6.45, 7) is 2.93. The number of halogens is 1. The lowest BCUT2D eigenvalue weighted by Crippen LogP contribution is -1.89. The monoisotopic (exact) mass is 330 g/mol. The van der Waals surface area contributed by atoms with Crippen molar-refractivity contribution in [2.75, 3.05) is 0 Å². The predicted octanol–water partition coefficient (Wildman–Crippen LogP) is 4.74. The molecule has 2 aromatic carbocycles. The maximum absolute atomic E-state index is 13.4. The van der Waals surface area contributed by atoms with Crippen LogP contribution in [-0.4, -0.2) is 14.5 Å². The van der Waals surface area contributed by atoms with Crippen molar-refractivity contribution in [2.45, 2.75) is 13.5 Å². The van der Waals surface area contributed by atoms with E-state index in [9.17, 15) is 9.65 Å². The zero-order valence-corrected chi connectivity index (χ0v) is 13.6. The molecule has 0 radical (unpaired) electrons. The molecule has 0 atom stereocenters.